The third kappa shape index (κ3) is 5.41. The summed E-state index contributed by atoms with van der Waals surface area (Å²) in [6.07, 6.45) is 3.35. The lowest BCUT2D eigenvalue weighted by molar-refractivity contribution is 0.191. The van der Waals surface area contributed by atoms with E-state index >= 15 is 0 Å². The van der Waals surface area contributed by atoms with E-state index in [2.05, 4.69) is 35.2 Å². The summed E-state index contributed by atoms with van der Waals surface area (Å²) in [4.78, 5) is 14.7. The number of methoxy groups -OCH3 is 1. The van der Waals surface area contributed by atoms with Crippen LogP contribution in [-0.2, 0) is 0 Å². The molecule has 4 aromatic rings. The summed E-state index contributed by atoms with van der Waals surface area (Å²) in [7, 11) is 1.60. The molecule has 1 saturated heterocycles. The van der Waals surface area contributed by atoms with Crippen molar-refractivity contribution in [2.45, 2.75) is 25.2 Å². The maximum atomic E-state index is 12.2. The maximum absolute atomic E-state index is 12.2. The molecule has 0 atom stereocenters. The Balaban J connectivity index is 1.23. The molecule has 0 aliphatic carbocycles. The molecule has 0 unspecified atom stereocenters. The molecule has 0 saturated carbocycles. The summed E-state index contributed by atoms with van der Waals surface area (Å²) < 4.78 is 17.2. The monoisotopic (exact) mass is 469 g/mol. The van der Waals surface area contributed by atoms with E-state index in [9.17, 15) is 4.79 Å². The molecule has 3 aromatic carbocycles. The molecule has 180 valence electrons. The third-order valence-corrected chi connectivity index (χ3v) is 6.85. The number of hydrogen-bond donors (Lipinski definition) is 0. The van der Waals surface area contributed by atoms with E-state index in [0.717, 1.165) is 42.6 Å². The van der Waals surface area contributed by atoms with E-state index in [1.165, 1.54) is 24.5 Å². The van der Waals surface area contributed by atoms with Gasteiger partial charge in [-0.15, -0.1) is 0 Å². The van der Waals surface area contributed by atoms with Crippen LogP contribution in [0.15, 0.2) is 88.1 Å². The fourth-order valence-corrected chi connectivity index (χ4v) is 4.98. The van der Waals surface area contributed by atoms with Crippen LogP contribution in [-0.4, -0.2) is 38.3 Å². The van der Waals surface area contributed by atoms with Crippen molar-refractivity contribution in [3.63, 3.8) is 0 Å². The molecule has 0 radical (unpaired) electrons. The van der Waals surface area contributed by atoms with Gasteiger partial charge in [-0.1, -0.05) is 60.7 Å². The smallest absolute Gasteiger partial charge is 0.336 e. The van der Waals surface area contributed by atoms with E-state index in [1.807, 2.05) is 36.4 Å². The van der Waals surface area contributed by atoms with Crippen molar-refractivity contribution in [3.05, 3.63) is 94.8 Å². The number of rotatable bonds is 8. The molecular formula is C30H31NO4. The number of ether oxygens (including phenoxy) is 2. The van der Waals surface area contributed by atoms with Gasteiger partial charge in [0, 0.05) is 24.1 Å². The van der Waals surface area contributed by atoms with E-state index in [0.29, 0.717) is 29.6 Å². The Labute approximate surface area is 205 Å². The molecule has 1 aliphatic rings. The SMILES string of the molecule is COc1cc2oc(=O)cc(-c3ccccc3)c2cc1OCCCN1CCC(c2ccccc2)CC1. The van der Waals surface area contributed by atoms with Crippen LogP contribution < -0.4 is 15.1 Å². The average molecular weight is 470 g/mol. The summed E-state index contributed by atoms with van der Waals surface area (Å²) >= 11 is 0. The first-order valence-corrected chi connectivity index (χ1v) is 12.3. The predicted octanol–water partition coefficient (Wildman–Crippen LogP) is 6.12. The molecule has 0 N–H and O–H groups in total. The van der Waals surface area contributed by atoms with Gasteiger partial charge in [0.05, 0.1) is 13.7 Å². The number of nitrogens with zero attached hydrogens (tertiary/aromatic N) is 1. The van der Waals surface area contributed by atoms with Crippen molar-refractivity contribution in [1.29, 1.82) is 0 Å². The summed E-state index contributed by atoms with van der Waals surface area (Å²) in [5.41, 5.74) is 3.35. The summed E-state index contributed by atoms with van der Waals surface area (Å²) in [5.74, 6) is 1.90. The van der Waals surface area contributed by atoms with Gasteiger partial charge in [0.2, 0.25) is 0 Å². The number of benzene rings is 3. The molecule has 1 fully saturated rings. The Morgan fingerprint density at radius 2 is 1.63 bits per heavy atom. The fraction of sp³-hybridized carbons (Fsp3) is 0.300. The van der Waals surface area contributed by atoms with Gasteiger partial charge in [0.25, 0.3) is 0 Å². The van der Waals surface area contributed by atoms with Gasteiger partial charge in [-0.3, -0.25) is 0 Å². The van der Waals surface area contributed by atoms with Crippen LogP contribution in [0.5, 0.6) is 11.5 Å². The Kier molecular flexibility index (Phi) is 7.15. The van der Waals surface area contributed by atoms with Crippen LogP contribution in [0.1, 0.15) is 30.7 Å². The van der Waals surface area contributed by atoms with Gasteiger partial charge >= 0.3 is 5.63 Å². The first kappa shape index (κ1) is 23.2. The maximum Gasteiger partial charge on any atom is 0.336 e. The number of fused-ring (bicyclic) bond motifs is 1. The zero-order valence-corrected chi connectivity index (χ0v) is 20.1. The molecule has 1 aromatic heterocycles. The van der Waals surface area contributed by atoms with Crippen LogP contribution in [0.25, 0.3) is 22.1 Å². The molecule has 35 heavy (non-hydrogen) atoms. The highest BCUT2D eigenvalue weighted by molar-refractivity contribution is 5.95. The standard InChI is InChI=1S/C30H31NO4/c1-33-28-21-27-26(25(20-30(32)35-27)24-11-6-3-7-12-24)19-29(28)34-18-8-15-31-16-13-23(14-17-31)22-9-4-2-5-10-22/h2-7,9-12,19-21,23H,8,13-18H2,1H3. The minimum atomic E-state index is -0.386. The zero-order chi connectivity index (χ0) is 24.0. The van der Waals surface area contributed by atoms with Gasteiger partial charge in [-0.25, -0.2) is 4.79 Å². The minimum Gasteiger partial charge on any atom is -0.493 e. The minimum absolute atomic E-state index is 0.386. The van der Waals surface area contributed by atoms with E-state index < -0.39 is 0 Å². The summed E-state index contributed by atoms with van der Waals surface area (Å²) in [6, 6.07) is 25.9. The van der Waals surface area contributed by atoms with Gasteiger partial charge in [-0.05, 0) is 61.0 Å². The first-order valence-electron chi connectivity index (χ1n) is 12.3. The van der Waals surface area contributed by atoms with Crippen LogP contribution in [0.2, 0.25) is 0 Å². The van der Waals surface area contributed by atoms with Gasteiger partial charge in [0.15, 0.2) is 11.5 Å². The normalized spacial score (nSPS) is 14.8. The second-order valence-electron chi connectivity index (χ2n) is 9.07. The van der Waals surface area contributed by atoms with E-state index in [4.69, 9.17) is 13.9 Å². The average Bonchev–Trinajstić information content (AvgIpc) is 2.91. The molecule has 5 heteroatoms. The Bertz CT molecular complexity index is 1310. The van der Waals surface area contributed by atoms with E-state index in [1.54, 1.807) is 13.2 Å². The van der Waals surface area contributed by atoms with Crippen molar-refractivity contribution in [2.75, 3.05) is 33.4 Å². The van der Waals surface area contributed by atoms with Crippen molar-refractivity contribution in [1.82, 2.24) is 4.90 Å². The highest BCUT2D eigenvalue weighted by Crippen LogP contribution is 2.36. The Morgan fingerprint density at radius 3 is 2.34 bits per heavy atom. The molecular weight excluding hydrogens is 438 g/mol. The molecule has 0 amide bonds. The first-order chi connectivity index (χ1) is 17.2. The summed E-state index contributed by atoms with van der Waals surface area (Å²) in [5, 5.41) is 0.828. The van der Waals surface area contributed by atoms with Gasteiger partial charge < -0.3 is 18.8 Å². The van der Waals surface area contributed by atoms with Crippen molar-refractivity contribution in [2.24, 2.45) is 0 Å². The Morgan fingerprint density at radius 1 is 0.914 bits per heavy atom. The fourth-order valence-electron chi connectivity index (χ4n) is 4.98. The second kappa shape index (κ2) is 10.8. The third-order valence-electron chi connectivity index (χ3n) is 6.85. The van der Waals surface area contributed by atoms with Crippen LogP contribution >= 0.6 is 0 Å². The summed E-state index contributed by atoms with van der Waals surface area (Å²) in [6.45, 7) is 3.86. The van der Waals surface area contributed by atoms with Crippen molar-refractivity contribution >= 4 is 11.0 Å². The second-order valence-corrected chi connectivity index (χ2v) is 9.07. The predicted molar refractivity (Wildman–Crippen MR) is 139 cm³/mol. The molecule has 0 bridgehead atoms. The van der Waals surface area contributed by atoms with E-state index in [-0.39, 0.29) is 5.63 Å². The molecule has 5 rings (SSSR count). The van der Waals surface area contributed by atoms with Crippen LogP contribution in [0.4, 0.5) is 0 Å². The highest BCUT2D eigenvalue weighted by atomic mass is 16.5. The van der Waals surface area contributed by atoms with Crippen molar-refractivity contribution < 1.29 is 13.9 Å². The molecule has 5 nitrogen and oxygen atoms in total. The Hall–Kier alpha value is -3.57. The number of hydrogen-bond acceptors (Lipinski definition) is 5. The number of likely N-dealkylation sites (tertiary alicyclic amines) is 1. The largest absolute Gasteiger partial charge is 0.493 e. The lowest BCUT2D eigenvalue weighted by Crippen LogP contribution is -2.34. The van der Waals surface area contributed by atoms with Crippen LogP contribution in [0.3, 0.4) is 0 Å². The number of piperidine rings is 1. The lowest BCUT2D eigenvalue weighted by atomic mass is 9.89. The molecule has 0 spiro atoms. The van der Waals surface area contributed by atoms with Gasteiger partial charge in [0.1, 0.15) is 5.58 Å². The topological polar surface area (TPSA) is 51.9 Å². The van der Waals surface area contributed by atoms with Gasteiger partial charge in [-0.2, -0.15) is 0 Å². The highest BCUT2D eigenvalue weighted by Gasteiger charge is 2.20. The van der Waals surface area contributed by atoms with Crippen LogP contribution in [0, 0.1) is 0 Å². The van der Waals surface area contributed by atoms with Crippen molar-refractivity contribution in [3.8, 4) is 22.6 Å². The lowest BCUT2D eigenvalue weighted by Gasteiger charge is -2.32. The molecule has 2 heterocycles. The quantitative estimate of drug-likeness (QED) is 0.230. The molecule has 1 aliphatic heterocycles. The zero-order valence-electron chi connectivity index (χ0n) is 20.1.